The quantitative estimate of drug-likeness (QED) is 0.570. The highest BCUT2D eigenvalue weighted by molar-refractivity contribution is 5.89. The molecule has 158 valence electrons. The molecule has 0 amide bonds. The van der Waals surface area contributed by atoms with E-state index in [1.807, 2.05) is 30.3 Å². The molecule has 2 aliphatic carbocycles. The topological polar surface area (TPSA) is 46.5 Å². The average Bonchev–Trinajstić information content (AvgIpc) is 3.40. The van der Waals surface area contributed by atoms with Crippen LogP contribution in [0.3, 0.4) is 0 Å². The van der Waals surface area contributed by atoms with E-state index in [9.17, 15) is 9.90 Å². The van der Waals surface area contributed by atoms with Gasteiger partial charge in [-0.3, -0.25) is 0 Å². The third-order valence-corrected chi connectivity index (χ3v) is 5.96. The van der Waals surface area contributed by atoms with Crippen LogP contribution in [0.2, 0.25) is 0 Å². The van der Waals surface area contributed by atoms with E-state index < -0.39 is 6.10 Å². The van der Waals surface area contributed by atoms with Crippen LogP contribution in [-0.4, -0.2) is 17.7 Å². The second-order valence-electron chi connectivity index (χ2n) is 8.03. The number of hydrogen-bond donors (Lipinski definition) is 1. The van der Waals surface area contributed by atoms with Gasteiger partial charge in [0.25, 0.3) is 0 Å². The number of hydrogen-bond acceptors (Lipinski definition) is 3. The predicted octanol–water partition coefficient (Wildman–Crippen LogP) is 5.57. The molecule has 0 spiro atoms. The van der Waals surface area contributed by atoms with Gasteiger partial charge in [0.2, 0.25) is 0 Å². The Morgan fingerprint density at radius 1 is 0.968 bits per heavy atom. The highest BCUT2D eigenvalue weighted by Gasteiger charge is 2.30. The van der Waals surface area contributed by atoms with Crippen molar-refractivity contribution < 1.29 is 14.6 Å². The van der Waals surface area contributed by atoms with Crippen molar-refractivity contribution in [1.29, 1.82) is 0 Å². The van der Waals surface area contributed by atoms with Gasteiger partial charge in [-0.1, -0.05) is 72.8 Å². The third kappa shape index (κ3) is 4.95. The van der Waals surface area contributed by atoms with Crippen LogP contribution in [0.15, 0.2) is 78.9 Å². The SMILES string of the molecule is C1=Cc2ccccc2C1.CCOC(=O)c1ccc(CC2Cc3ccccc3C2O)cc1. The summed E-state index contributed by atoms with van der Waals surface area (Å²) in [5.41, 5.74) is 6.83. The zero-order valence-corrected chi connectivity index (χ0v) is 17.8. The second-order valence-corrected chi connectivity index (χ2v) is 8.03. The van der Waals surface area contributed by atoms with Crippen LogP contribution in [0.4, 0.5) is 0 Å². The van der Waals surface area contributed by atoms with Gasteiger partial charge in [0.1, 0.15) is 0 Å². The number of ether oxygens (including phenoxy) is 1. The fourth-order valence-electron chi connectivity index (χ4n) is 4.33. The lowest BCUT2D eigenvalue weighted by Gasteiger charge is -2.15. The molecule has 0 aromatic heterocycles. The van der Waals surface area contributed by atoms with Gasteiger partial charge in [0.15, 0.2) is 0 Å². The zero-order chi connectivity index (χ0) is 21.6. The van der Waals surface area contributed by atoms with Gasteiger partial charge >= 0.3 is 5.97 Å². The molecule has 0 fully saturated rings. The molecule has 0 heterocycles. The van der Waals surface area contributed by atoms with E-state index >= 15 is 0 Å². The van der Waals surface area contributed by atoms with E-state index in [0.29, 0.717) is 12.2 Å². The fraction of sp³-hybridized carbons (Fsp3) is 0.250. The molecule has 0 saturated heterocycles. The summed E-state index contributed by atoms with van der Waals surface area (Å²) in [6.45, 7) is 2.18. The predicted molar refractivity (Wildman–Crippen MR) is 124 cm³/mol. The summed E-state index contributed by atoms with van der Waals surface area (Å²) < 4.78 is 4.98. The third-order valence-electron chi connectivity index (χ3n) is 5.96. The van der Waals surface area contributed by atoms with Gasteiger partial charge in [-0.25, -0.2) is 4.79 Å². The van der Waals surface area contributed by atoms with Crippen LogP contribution >= 0.6 is 0 Å². The van der Waals surface area contributed by atoms with Crippen LogP contribution < -0.4 is 0 Å². The molecule has 3 aromatic carbocycles. The summed E-state index contributed by atoms with van der Waals surface area (Å²) in [6.07, 6.45) is 6.80. The minimum atomic E-state index is -0.402. The summed E-state index contributed by atoms with van der Waals surface area (Å²) in [6, 6.07) is 24.1. The van der Waals surface area contributed by atoms with Gasteiger partial charge in [-0.15, -0.1) is 0 Å². The molecule has 1 N–H and O–H groups in total. The molecular weight excluding hydrogens is 384 g/mol. The molecule has 3 heteroatoms. The fourth-order valence-corrected chi connectivity index (χ4v) is 4.33. The maximum Gasteiger partial charge on any atom is 0.338 e. The van der Waals surface area contributed by atoms with Gasteiger partial charge in [0, 0.05) is 0 Å². The van der Waals surface area contributed by atoms with Crippen LogP contribution in [-0.2, 0) is 24.0 Å². The summed E-state index contributed by atoms with van der Waals surface area (Å²) >= 11 is 0. The minimum absolute atomic E-state index is 0.200. The Morgan fingerprint density at radius 2 is 1.68 bits per heavy atom. The smallest absolute Gasteiger partial charge is 0.338 e. The number of aliphatic hydroxyl groups excluding tert-OH is 1. The number of carbonyl (C=O) groups is 1. The molecule has 3 nitrogen and oxygen atoms in total. The first kappa shape index (κ1) is 21.1. The molecule has 0 radical (unpaired) electrons. The lowest BCUT2D eigenvalue weighted by atomic mass is 9.94. The molecule has 0 bridgehead atoms. The second kappa shape index (κ2) is 9.76. The first-order valence-electron chi connectivity index (χ1n) is 10.9. The summed E-state index contributed by atoms with van der Waals surface area (Å²) in [5, 5.41) is 10.4. The maximum absolute atomic E-state index is 11.6. The molecule has 3 aromatic rings. The van der Waals surface area contributed by atoms with Crippen molar-refractivity contribution in [1.82, 2.24) is 0 Å². The lowest BCUT2D eigenvalue weighted by Crippen LogP contribution is -2.11. The molecule has 2 aliphatic rings. The lowest BCUT2D eigenvalue weighted by molar-refractivity contribution is 0.0526. The molecule has 0 aliphatic heterocycles. The maximum atomic E-state index is 11.6. The summed E-state index contributed by atoms with van der Waals surface area (Å²) in [4.78, 5) is 11.6. The summed E-state index contributed by atoms with van der Waals surface area (Å²) in [7, 11) is 0. The molecule has 5 rings (SSSR count). The Morgan fingerprint density at radius 3 is 2.39 bits per heavy atom. The highest BCUT2D eigenvalue weighted by Crippen LogP contribution is 2.37. The largest absolute Gasteiger partial charge is 0.462 e. The van der Waals surface area contributed by atoms with E-state index in [1.165, 1.54) is 16.7 Å². The van der Waals surface area contributed by atoms with Crippen molar-refractivity contribution in [3.63, 3.8) is 0 Å². The van der Waals surface area contributed by atoms with E-state index in [0.717, 1.165) is 30.4 Å². The number of carbonyl (C=O) groups excluding carboxylic acids is 1. The van der Waals surface area contributed by atoms with E-state index in [2.05, 4.69) is 42.5 Å². The number of esters is 1. The van der Waals surface area contributed by atoms with Gasteiger partial charge in [-0.2, -0.15) is 0 Å². The molecule has 0 saturated carbocycles. The number of aliphatic hydroxyl groups is 1. The Kier molecular flexibility index (Phi) is 6.63. The molecule has 31 heavy (non-hydrogen) atoms. The molecule has 2 atom stereocenters. The molecular formula is C28H28O3. The number of allylic oxidation sites excluding steroid dienone is 1. The van der Waals surface area contributed by atoms with Crippen molar-refractivity contribution in [3.8, 4) is 0 Å². The van der Waals surface area contributed by atoms with Crippen molar-refractivity contribution in [2.24, 2.45) is 5.92 Å². The van der Waals surface area contributed by atoms with Gasteiger partial charge < -0.3 is 9.84 Å². The first-order chi connectivity index (χ1) is 15.2. The van der Waals surface area contributed by atoms with Crippen molar-refractivity contribution in [2.45, 2.75) is 32.3 Å². The van der Waals surface area contributed by atoms with Crippen molar-refractivity contribution in [3.05, 3.63) is 112 Å². The zero-order valence-electron chi connectivity index (χ0n) is 17.8. The highest BCUT2D eigenvalue weighted by atomic mass is 16.5. The number of fused-ring (bicyclic) bond motifs is 2. The Balaban J connectivity index is 0.000000212. The Labute approximate surface area is 184 Å². The van der Waals surface area contributed by atoms with Crippen LogP contribution in [0.5, 0.6) is 0 Å². The van der Waals surface area contributed by atoms with Crippen molar-refractivity contribution >= 4 is 12.0 Å². The van der Waals surface area contributed by atoms with Gasteiger partial charge in [-0.05, 0) is 72.1 Å². The van der Waals surface area contributed by atoms with E-state index in [-0.39, 0.29) is 11.9 Å². The monoisotopic (exact) mass is 412 g/mol. The number of rotatable bonds is 4. The van der Waals surface area contributed by atoms with Crippen LogP contribution in [0.25, 0.3) is 6.08 Å². The standard InChI is InChI=1S/C19H20O3.C9H8/c1-2-22-19(21)14-9-7-13(8-10-14)11-16-12-15-5-3-4-6-17(15)18(16)20;1-2-5-9-7-3-6-8(9)4-1/h3-10,16,18,20H,2,11-12H2,1H3;1-6H,7H2. The van der Waals surface area contributed by atoms with Crippen LogP contribution in [0.1, 0.15) is 51.2 Å². The average molecular weight is 413 g/mol. The number of benzene rings is 3. The van der Waals surface area contributed by atoms with Crippen LogP contribution in [0, 0.1) is 5.92 Å². The van der Waals surface area contributed by atoms with Gasteiger partial charge in [0.05, 0.1) is 18.3 Å². The Bertz CT molecular complexity index is 1070. The van der Waals surface area contributed by atoms with Crippen molar-refractivity contribution in [2.75, 3.05) is 6.61 Å². The first-order valence-corrected chi connectivity index (χ1v) is 10.9. The normalized spacial score (nSPS) is 18.0. The van der Waals surface area contributed by atoms with E-state index in [4.69, 9.17) is 4.74 Å². The minimum Gasteiger partial charge on any atom is -0.462 e. The van der Waals surface area contributed by atoms with E-state index in [1.54, 1.807) is 19.1 Å². The molecule has 2 unspecified atom stereocenters. The Hall–Kier alpha value is -3.17. The summed E-state index contributed by atoms with van der Waals surface area (Å²) in [5.74, 6) is -0.0896.